The Morgan fingerprint density at radius 3 is 2.44 bits per heavy atom. The van der Waals surface area contributed by atoms with Crippen LogP contribution < -0.4 is 4.74 Å². The van der Waals surface area contributed by atoms with Crippen molar-refractivity contribution in [1.29, 1.82) is 0 Å². The van der Waals surface area contributed by atoms with Gasteiger partial charge in [0.25, 0.3) is 0 Å². The maximum Gasteiger partial charge on any atom is 0.132 e. The molecule has 0 radical (unpaired) electrons. The van der Waals surface area contributed by atoms with E-state index in [2.05, 4.69) is 18.2 Å². The zero-order valence-electron chi connectivity index (χ0n) is 11.0. The van der Waals surface area contributed by atoms with E-state index in [-0.39, 0.29) is 12.2 Å². The van der Waals surface area contributed by atoms with Gasteiger partial charge in [-0.25, -0.2) is 0 Å². The zero-order chi connectivity index (χ0) is 12.4. The molecule has 1 fully saturated rings. The van der Waals surface area contributed by atoms with Gasteiger partial charge in [0, 0.05) is 0 Å². The third-order valence-corrected chi connectivity index (χ3v) is 4.46. The monoisotopic (exact) mass is 246 g/mol. The second-order valence-electron chi connectivity index (χ2n) is 5.79. The normalized spacial score (nSPS) is 21.6. The number of rotatable bonds is 3. The summed E-state index contributed by atoms with van der Waals surface area (Å²) in [6.45, 7) is 0.143. The predicted octanol–water partition coefficient (Wildman–Crippen LogP) is 3.25. The maximum atomic E-state index is 9.59. The van der Waals surface area contributed by atoms with Crippen molar-refractivity contribution in [2.75, 3.05) is 6.61 Å². The summed E-state index contributed by atoms with van der Waals surface area (Å²) in [6, 6.07) is 6.49. The molecule has 0 bridgehead atoms. The lowest BCUT2D eigenvalue weighted by Gasteiger charge is -2.29. The molecule has 0 unspecified atom stereocenters. The topological polar surface area (TPSA) is 29.5 Å². The fraction of sp³-hybridized carbons (Fsp3) is 0.625. The predicted molar refractivity (Wildman–Crippen MR) is 72.0 cm³/mol. The second kappa shape index (κ2) is 4.93. The van der Waals surface area contributed by atoms with Crippen molar-refractivity contribution in [3.05, 3.63) is 29.3 Å². The SMILES string of the molecule is OCC1(Oc2ccc3c(c2)CCCC3)CCCC1. The van der Waals surface area contributed by atoms with E-state index < -0.39 is 0 Å². The molecule has 0 aromatic heterocycles. The molecule has 3 rings (SSSR count). The molecule has 0 atom stereocenters. The van der Waals surface area contributed by atoms with Crippen LogP contribution in [-0.4, -0.2) is 17.3 Å². The number of ether oxygens (including phenoxy) is 1. The highest BCUT2D eigenvalue weighted by Gasteiger charge is 2.35. The number of aliphatic hydroxyl groups excluding tert-OH is 1. The van der Waals surface area contributed by atoms with Crippen LogP contribution in [0.25, 0.3) is 0 Å². The van der Waals surface area contributed by atoms with Gasteiger partial charge >= 0.3 is 0 Å². The van der Waals surface area contributed by atoms with Gasteiger partial charge in [0.1, 0.15) is 11.4 Å². The van der Waals surface area contributed by atoms with Gasteiger partial charge in [0.15, 0.2) is 0 Å². The number of hydrogen-bond donors (Lipinski definition) is 1. The number of fused-ring (bicyclic) bond motifs is 1. The Morgan fingerprint density at radius 2 is 1.72 bits per heavy atom. The molecule has 0 aliphatic heterocycles. The summed E-state index contributed by atoms with van der Waals surface area (Å²) in [5.41, 5.74) is 2.63. The average Bonchev–Trinajstić information content (AvgIpc) is 2.88. The van der Waals surface area contributed by atoms with Gasteiger partial charge in [-0.1, -0.05) is 6.07 Å². The van der Waals surface area contributed by atoms with E-state index in [9.17, 15) is 5.11 Å². The number of hydrogen-bond acceptors (Lipinski definition) is 2. The van der Waals surface area contributed by atoms with Gasteiger partial charge in [-0.05, 0) is 74.6 Å². The third-order valence-electron chi connectivity index (χ3n) is 4.46. The summed E-state index contributed by atoms with van der Waals surface area (Å²) in [5.74, 6) is 0.951. The highest BCUT2D eigenvalue weighted by molar-refractivity contribution is 5.37. The Labute approximate surface area is 109 Å². The Balaban J connectivity index is 1.80. The van der Waals surface area contributed by atoms with Crippen LogP contribution in [0.5, 0.6) is 5.75 Å². The Bertz CT molecular complexity index is 419. The molecule has 98 valence electrons. The van der Waals surface area contributed by atoms with Gasteiger partial charge in [-0.15, -0.1) is 0 Å². The molecule has 2 nitrogen and oxygen atoms in total. The minimum atomic E-state index is -0.303. The highest BCUT2D eigenvalue weighted by atomic mass is 16.5. The lowest BCUT2D eigenvalue weighted by molar-refractivity contribution is 0.0151. The van der Waals surface area contributed by atoms with Gasteiger partial charge < -0.3 is 9.84 Å². The first-order valence-corrected chi connectivity index (χ1v) is 7.23. The van der Waals surface area contributed by atoms with Crippen LogP contribution in [0.2, 0.25) is 0 Å². The summed E-state index contributed by atoms with van der Waals surface area (Å²) in [5, 5.41) is 9.59. The Hall–Kier alpha value is -1.02. The van der Waals surface area contributed by atoms with Crippen molar-refractivity contribution in [3.8, 4) is 5.75 Å². The van der Waals surface area contributed by atoms with E-state index in [0.717, 1.165) is 18.6 Å². The smallest absolute Gasteiger partial charge is 0.132 e. The largest absolute Gasteiger partial charge is 0.485 e. The van der Waals surface area contributed by atoms with Crippen molar-refractivity contribution in [3.63, 3.8) is 0 Å². The summed E-state index contributed by atoms with van der Waals surface area (Å²) in [7, 11) is 0. The van der Waals surface area contributed by atoms with Crippen molar-refractivity contribution < 1.29 is 9.84 Å². The lowest BCUT2D eigenvalue weighted by Crippen LogP contribution is -2.36. The molecular formula is C16H22O2. The Kier molecular flexibility index (Phi) is 3.29. The van der Waals surface area contributed by atoms with E-state index >= 15 is 0 Å². The average molecular weight is 246 g/mol. The molecule has 2 heteroatoms. The first-order valence-electron chi connectivity index (χ1n) is 7.23. The summed E-state index contributed by atoms with van der Waals surface area (Å²) in [4.78, 5) is 0. The molecule has 2 aliphatic rings. The molecule has 0 heterocycles. The molecule has 18 heavy (non-hydrogen) atoms. The fourth-order valence-electron chi connectivity index (χ4n) is 3.34. The molecular weight excluding hydrogens is 224 g/mol. The summed E-state index contributed by atoms with van der Waals surface area (Å²) in [6.07, 6.45) is 9.31. The summed E-state index contributed by atoms with van der Waals surface area (Å²) >= 11 is 0. The minimum Gasteiger partial charge on any atom is -0.485 e. The number of benzene rings is 1. The van der Waals surface area contributed by atoms with Crippen LogP contribution in [0.3, 0.4) is 0 Å². The molecule has 1 aromatic carbocycles. The molecule has 0 spiro atoms. The van der Waals surface area contributed by atoms with E-state index in [1.165, 1.54) is 49.7 Å². The van der Waals surface area contributed by atoms with Gasteiger partial charge in [0.05, 0.1) is 6.61 Å². The van der Waals surface area contributed by atoms with Crippen LogP contribution in [0, 0.1) is 0 Å². The first-order chi connectivity index (χ1) is 8.81. The molecule has 0 amide bonds. The second-order valence-corrected chi connectivity index (χ2v) is 5.79. The van der Waals surface area contributed by atoms with E-state index in [1.54, 1.807) is 0 Å². The molecule has 0 saturated heterocycles. The number of aryl methyl sites for hydroxylation is 2. The van der Waals surface area contributed by atoms with Gasteiger partial charge in [-0.2, -0.15) is 0 Å². The first kappa shape index (κ1) is 12.0. The lowest BCUT2D eigenvalue weighted by atomic mass is 9.91. The van der Waals surface area contributed by atoms with Crippen LogP contribution in [0.15, 0.2) is 18.2 Å². The van der Waals surface area contributed by atoms with E-state index in [1.807, 2.05) is 0 Å². The van der Waals surface area contributed by atoms with Crippen molar-refractivity contribution in [2.24, 2.45) is 0 Å². The van der Waals surface area contributed by atoms with Crippen LogP contribution in [0.1, 0.15) is 49.7 Å². The van der Waals surface area contributed by atoms with Crippen LogP contribution in [-0.2, 0) is 12.8 Å². The fourth-order valence-corrected chi connectivity index (χ4v) is 3.34. The van der Waals surface area contributed by atoms with Crippen molar-refractivity contribution in [1.82, 2.24) is 0 Å². The van der Waals surface area contributed by atoms with Crippen LogP contribution >= 0.6 is 0 Å². The highest BCUT2D eigenvalue weighted by Crippen LogP contribution is 2.35. The molecule has 2 aliphatic carbocycles. The molecule has 1 N–H and O–H groups in total. The standard InChI is InChI=1S/C16H22O2/c17-12-16(9-3-4-10-16)18-15-8-7-13-5-1-2-6-14(13)11-15/h7-8,11,17H,1-6,9-10,12H2. The van der Waals surface area contributed by atoms with E-state index in [4.69, 9.17) is 4.74 Å². The summed E-state index contributed by atoms with van der Waals surface area (Å²) < 4.78 is 6.13. The molecule has 1 saturated carbocycles. The maximum absolute atomic E-state index is 9.59. The quantitative estimate of drug-likeness (QED) is 0.887. The number of aliphatic hydroxyl groups is 1. The van der Waals surface area contributed by atoms with Crippen LogP contribution in [0.4, 0.5) is 0 Å². The third kappa shape index (κ3) is 2.26. The minimum absolute atomic E-state index is 0.143. The van der Waals surface area contributed by atoms with E-state index in [0.29, 0.717) is 0 Å². The van der Waals surface area contributed by atoms with Crippen molar-refractivity contribution >= 4 is 0 Å². The zero-order valence-corrected chi connectivity index (χ0v) is 11.0. The molecule has 1 aromatic rings. The van der Waals surface area contributed by atoms with Gasteiger partial charge in [-0.3, -0.25) is 0 Å². The Morgan fingerprint density at radius 1 is 1.00 bits per heavy atom. The van der Waals surface area contributed by atoms with Gasteiger partial charge in [0.2, 0.25) is 0 Å². The van der Waals surface area contributed by atoms with Crippen molar-refractivity contribution in [2.45, 2.75) is 57.0 Å².